The van der Waals surface area contributed by atoms with Crippen LogP contribution in [0.2, 0.25) is 0 Å². The first-order chi connectivity index (χ1) is 4.10. The lowest BCUT2D eigenvalue weighted by Gasteiger charge is -2.29. The molecule has 1 fully saturated rings. The van der Waals surface area contributed by atoms with Crippen LogP contribution in [0.1, 0.15) is 12.8 Å². The van der Waals surface area contributed by atoms with Gasteiger partial charge in [-0.05, 0) is 29.6 Å². The third kappa shape index (κ3) is 2.37. The first-order valence-corrected chi connectivity index (χ1v) is 4.24. The van der Waals surface area contributed by atoms with Gasteiger partial charge in [0.2, 0.25) is 0 Å². The minimum atomic E-state index is -0.912. The van der Waals surface area contributed by atoms with Crippen LogP contribution < -0.4 is 0 Å². The summed E-state index contributed by atoms with van der Waals surface area (Å²) < 4.78 is 12.1. The van der Waals surface area contributed by atoms with Crippen molar-refractivity contribution in [3.05, 3.63) is 0 Å². The van der Waals surface area contributed by atoms with Gasteiger partial charge in [-0.1, -0.05) is 0 Å². The lowest BCUT2D eigenvalue weighted by atomic mass is 10.1. The van der Waals surface area contributed by atoms with Gasteiger partial charge in [0.05, 0.1) is 0 Å². The summed E-state index contributed by atoms with van der Waals surface area (Å²) in [5.41, 5.74) is 0. The molecule has 0 radical (unpaired) electrons. The van der Waals surface area contributed by atoms with Gasteiger partial charge in [0.15, 0.2) is 3.68 Å². The Kier molecular flexibility index (Phi) is 2.32. The summed E-state index contributed by atoms with van der Waals surface area (Å²) in [7, 11) is 2.03. The van der Waals surface area contributed by atoms with Crippen molar-refractivity contribution in [1.82, 2.24) is 4.90 Å². The Bertz CT molecular complexity index is 95.2. The highest BCUT2D eigenvalue weighted by atomic mass is 127. The van der Waals surface area contributed by atoms with Crippen molar-refractivity contribution in [2.75, 3.05) is 20.1 Å². The summed E-state index contributed by atoms with van der Waals surface area (Å²) in [6.45, 7) is 1.80. The van der Waals surface area contributed by atoms with Crippen molar-refractivity contribution in [2.45, 2.75) is 16.5 Å². The molecule has 3 heteroatoms. The van der Waals surface area contributed by atoms with Crippen LogP contribution in [0.25, 0.3) is 0 Å². The second kappa shape index (κ2) is 2.70. The fourth-order valence-electron chi connectivity index (χ4n) is 0.946. The third-order valence-electron chi connectivity index (χ3n) is 1.72. The molecule has 0 aromatic carbocycles. The van der Waals surface area contributed by atoms with Crippen LogP contribution in [0.15, 0.2) is 0 Å². The van der Waals surface area contributed by atoms with E-state index in [9.17, 15) is 4.39 Å². The van der Waals surface area contributed by atoms with Crippen LogP contribution in [-0.4, -0.2) is 28.7 Å². The topological polar surface area (TPSA) is 3.24 Å². The highest BCUT2D eigenvalue weighted by Gasteiger charge is 2.29. The Balaban J connectivity index is 2.35. The number of likely N-dealkylation sites (tertiary alicyclic amines) is 1. The Labute approximate surface area is 68.7 Å². The van der Waals surface area contributed by atoms with Gasteiger partial charge in [-0.3, -0.25) is 0 Å². The number of hydrogen-bond donors (Lipinski definition) is 0. The molecule has 0 amide bonds. The highest BCUT2D eigenvalue weighted by molar-refractivity contribution is 14.1. The molecule has 1 rings (SSSR count). The lowest BCUT2D eigenvalue weighted by Crippen LogP contribution is -2.35. The summed E-state index contributed by atoms with van der Waals surface area (Å²) >= 11 is 1.91. The second-order valence-corrected chi connectivity index (χ2v) is 4.59. The maximum atomic E-state index is 13.0. The Morgan fingerprint density at radius 1 is 1.44 bits per heavy atom. The van der Waals surface area contributed by atoms with Crippen molar-refractivity contribution < 1.29 is 4.39 Å². The molecule has 1 saturated heterocycles. The summed E-state index contributed by atoms with van der Waals surface area (Å²) in [4.78, 5) is 2.16. The van der Waals surface area contributed by atoms with Gasteiger partial charge in [-0.15, -0.1) is 0 Å². The fraction of sp³-hybridized carbons (Fsp3) is 1.00. The number of alkyl halides is 2. The van der Waals surface area contributed by atoms with Crippen LogP contribution in [0.3, 0.4) is 0 Å². The third-order valence-corrected chi connectivity index (χ3v) is 2.80. The molecule has 0 unspecified atom stereocenters. The van der Waals surface area contributed by atoms with Crippen molar-refractivity contribution in [1.29, 1.82) is 0 Å². The van der Waals surface area contributed by atoms with Crippen LogP contribution in [-0.2, 0) is 0 Å². The number of rotatable bonds is 0. The summed E-state index contributed by atoms with van der Waals surface area (Å²) in [5, 5.41) is 0. The van der Waals surface area contributed by atoms with Crippen molar-refractivity contribution in [2.24, 2.45) is 0 Å². The van der Waals surface area contributed by atoms with Gasteiger partial charge in [0.1, 0.15) is 0 Å². The molecule has 0 aliphatic carbocycles. The Hall–Kier alpha value is 0.620. The number of halogens is 2. The molecule has 0 saturated carbocycles. The van der Waals surface area contributed by atoms with E-state index in [-0.39, 0.29) is 0 Å². The van der Waals surface area contributed by atoms with Crippen molar-refractivity contribution >= 4 is 22.6 Å². The minimum Gasteiger partial charge on any atom is -0.306 e. The fourth-order valence-corrected chi connectivity index (χ4v) is 1.43. The summed E-state index contributed by atoms with van der Waals surface area (Å²) in [6, 6.07) is 0. The maximum Gasteiger partial charge on any atom is 0.163 e. The van der Waals surface area contributed by atoms with Gasteiger partial charge in [0.25, 0.3) is 0 Å². The molecule has 0 atom stereocenters. The molecule has 9 heavy (non-hydrogen) atoms. The minimum absolute atomic E-state index is 0.685. The molecule has 0 spiro atoms. The molecule has 1 nitrogen and oxygen atoms in total. The van der Waals surface area contributed by atoms with E-state index < -0.39 is 3.68 Å². The van der Waals surface area contributed by atoms with E-state index >= 15 is 0 Å². The Morgan fingerprint density at radius 2 is 1.89 bits per heavy atom. The van der Waals surface area contributed by atoms with E-state index in [2.05, 4.69) is 4.90 Å². The predicted octanol–water partition coefficient (Wildman–Crippen LogP) is 1.81. The van der Waals surface area contributed by atoms with E-state index in [4.69, 9.17) is 0 Å². The zero-order chi connectivity index (χ0) is 6.91. The zero-order valence-corrected chi connectivity index (χ0v) is 7.69. The van der Waals surface area contributed by atoms with E-state index in [1.807, 2.05) is 29.6 Å². The van der Waals surface area contributed by atoms with Gasteiger partial charge in [0, 0.05) is 25.9 Å². The summed E-state index contributed by atoms with van der Waals surface area (Å²) in [6.07, 6.45) is 1.37. The average Bonchev–Trinajstić information content (AvgIpc) is 1.78. The second-order valence-electron chi connectivity index (χ2n) is 2.66. The molecule has 1 aliphatic heterocycles. The molecular formula is C6H11FIN. The monoisotopic (exact) mass is 243 g/mol. The molecular weight excluding hydrogens is 232 g/mol. The smallest absolute Gasteiger partial charge is 0.163 e. The SMILES string of the molecule is CN1CCC(F)(I)CC1. The van der Waals surface area contributed by atoms with Crippen LogP contribution in [0.5, 0.6) is 0 Å². The highest BCUT2D eigenvalue weighted by Crippen LogP contribution is 2.32. The molecule has 0 N–H and O–H groups in total. The standard InChI is InChI=1S/C6H11FIN/c1-9-4-2-6(7,8)3-5-9/h2-5H2,1H3. The molecule has 1 aliphatic rings. The molecule has 0 bridgehead atoms. The van der Waals surface area contributed by atoms with Crippen LogP contribution >= 0.6 is 22.6 Å². The van der Waals surface area contributed by atoms with E-state index in [0.29, 0.717) is 12.8 Å². The summed E-state index contributed by atoms with van der Waals surface area (Å²) in [5.74, 6) is 0. The predicted molar refractivity (Wildman–Crippen MR) is 44.6 cm³/mol. The Morgan fingerprint density at radius 3 is 2.22 bits per heavy atom. The molecule has 0 aromatic heterocycles. The molecule has 1 heterocycles. The van der Waals surface area contributed by atoms with Crippen LogP contribution in [0, 0.1) is 0 Å². The lowest BCUT2D eigenvalue weighted by molar-refractivity contribution is 0.162. The van der Waals surface area contributed by atoms with E-state index in [1.54, 1.807) is 0 Å². The zero-order valence-electron chi connectivity index (χ0n) is 5.53. The number of hydrogen-bond acceptors (Lipinski definition) is 1. The van der Waals surface area contributed by atoms with Gasteiger partial charge in [-0.25, -0.2) is 4.39 Å². The number of piperidine rings is 1. The van der Waals surface area contributed by atoms with Crippen molar-refractivity contribution in [3.63, 3.8) is 0 Å². The molecule has 54 valence electrons. The average molecular weight is 243 g/mol. The van der Waals surface area contributed by atoms with E-state index in [1.165, 1.54) is 0 Å². The number of nitrogens with zero attached hydrogens (tertiary/aromatic N) is 1. The maximum absolute atomic E-state index is 13.0. The largest absolute Gasteiger partial charge is 0.306 e. The first kappa shape index (κ1) is 7.72. The van der Waals surface area contributed by atoms with Crippen molar-refractivity contribution in [3.8, 4) is 0 Å². The normalized spacial score (nSPS) is 28.3. The van der Waals surface area contributed by atoms with Gasteiger partial charge in [-0.2, -0.15) is 0 Å². The van der Waals surface area contributed by atoms with Gasteiger partial charge < -0.3 is 4.90 Å². The first-order valence-electron chi connectivity index (χ1n) is 3.16. The van der Waals surface area contributed by atoms with Gasteiger partial charge >= 0.3 is 0 Å². The molecule has 0 aromatic rings. The quantitative estimate of drug-likeness (QED) is 0.463. The van der Waals surface area contributed by atoms with Crippen LogP contribution in [0.4, 0.5) is 4.39 Å². The van der Waals surface area contributed by atoms with E-state index in [0.717, 1.165) is 13.1 Å².